The third-order valence-electron chi connectivity index (χ3n) is 4.56. The third kappa shape index (κ3) is 6.45. The van der Waals surface area contributed by atoms with Crippen LogP contribution >= 0.6 is 15.9 Å². The van der Waals surface area contributed by atoms with Gasteiger partial charge >= 0.3 is 5.97 Å². The van der Waals surface area contributed by atoms with E-state index in [-0.39, 0.29) is 11.1 Å². The first-order valence-electron chi connectivity index (χ1n) is 9.71. The van der Waals surface area contributed by atoms with Crippen molar-refractivity contribution in [3.05, 3.63) is 93.5 Å². The number of rotatable bonds is 8. The number of nitriles is 1. The number of amides is 1. The monoisotopic (exact) mass is 506 g/mol. The van der Waals surface area contributed by atoms with Crippen molar-refractivity contribution in [3.63, 3.8) is 0 Å². The number of halogens is 1. The van der Waals surface area contributed by atoms with Crippen LogP contribution in [0.25, 0.3) is 6.08 Å². The Morgan fingerprint density at radius 3 is 2.36 bits per heavy atom. The van der Waals surface area contributed by atoms with Crippen molar-refractivity contribution in [2.45, 2.75) is 6.61 Å². The first kappa shape index (κ1) is 23.6. The molecule has 0 radical (unpaired) electrons. The summed E-state index contributed by atoms with van der Waals surface area (Å²) in [6.07, 6.45) is 1.44. The van der Waals surface area contributed by atoms with Gasteiger partial charge in [-0.15, -0.1) is 0 Å². The molecule has 0 aliphatic heterocycles. The van der Waals surface area contributed by atoms with Crippen LogP contribution in [0.15, 0.2) is 76.8 Å². The Morgan fingerprint density at radius 2 is 1.76 bits per heavy atom. The molecule has 0 atom stereocenters. The lowest BCUT2D eigenvalue weighted by Gasteiger charge is -2.12. The number of ether oxygens (including phenoxy) is 2. The summed E-state index contributed by atoms with van der Waals surface area (Å²) in [6.45, 7) is 0.314. The van der Waals surface area contributed by atoms with E-state index in [0.717, 1.165) is 10.0 Å². The van der Waals surface area contributed by atoms with Gasteiger partial charge in [0.05, 0.1) is 12.7 Å². The van der Waals surface area contributed by atoms with Gasteiger partial charge in [0.25, 0.3) is 5.91 Å². The number of carbonyl (C=O) groups is 2. The van der Waals surface area contributed by atoms with Crippen molar-refractivity contribution in [1.82, 2.24) is 0 Å². The molecule has 3 aromatic rings. The number of hydrogen-bond donors (Lipinski definition) is 2. The highest BCUT2D eigenvalue weighted by Crippen LogP contribution is 2.30. The van der Waals surface area contributed by atoms with E-state index in [2.05, 4.69) is 21.2 Å². The van der Waals surface area contributed by atoms with Crippen LogP contribution in [0.5, 0.6) is 11.5 Å². The highest BCUT2D eigenvalue weighted by atomic mass is 79.9. The topological polar surface area (TPSA) is 109 Å². The van der Waals surface area contributed by atoms with Crippen molar-refractivity contribution in [3.8, 4) is 17.6 Å². The predicted octanol–water partition coefficient (Wildman–Crippen LogP) is 5.28. The number of anilines is 1. The fraction of sp³-hybridized carbons (Fsp3) is 0.0800. The van der Waals surface area contributed by atoms with Gasteiger partial charge in [-0.25, -0.2) is 4.79 Å². The first-order valence-corrected chi connectivity index (χ1v) is 10.5. The van der Waals surface area contributed by atoms with Gasteiger partial charge in [-0.2, -0.15) is 5.26 Å². The van der Waals surface area contributed by atoms with Crippen molar-refractivity contribution in [1.29, 1.82) is 5.26 Å². The summed E-state index contributed by atoms with van der Waals surface area (Å²) in [4.78, 5) is 23.5. The highest BCUT2D eigenvalue weighted by Gasteiger charge is 2.12. The summed E-state index contributed by atoms with van der Waals surface area (Å²) >= 11 is 3.39. The van der Waals surface area contributed by atoms with Gasteiger partial charge in [0.1, 0.15) is 18.2 Å². The van der Waals surface area contributed by atoms with Gasteiger partial charge in [0.2, 0.25) is 0 Å². The number of hydrogen-bond acceptors (Lipinski definition) is 5. The summed E-state index contributed by atoms with van der Waals surface area (Å²) in [5.74, 6) is -0.696. The number of benzene rings is 3. The molecule has 0 spiro atoms. The molecule has 166 valence electrons. The van der Waals surface area contributed by atoms with Gasteiger partial charge in [0, 0.05) is 10.2 Å². The standard InChI is InChI=1S/C25H19BrN2O5/c1-32-22-11-4-17(13-23(22)33-15-16-2-7-20(26)8-3-16)12-19(14-27)24(29)28-21-9-5-18(6-10-21)25(30)31/h2-13H,15H2,1H3,(H,28,29)(H,30,31)/b19-12+. The van der Waals surface area contributed by atoms with Crippen molar-refractivity contribution in [2.24, 2.45) is 0 Å². The number of carboxylic acid groups (broad SMARTS) is 1. The number of carbonyl (C=O) groups excluding carboxylic acids is 1. The molecule has 0 unspecified atom stereocenters. The maximum absolute atomic E-state index is 12.5. The zero-order valence-corrected chi connectivity index (χ0v) is 19.1. The van der Waals surface area contributed by atoms with E-state index < -0.39 is 11.9 Å². The van der Waals surface area contributed by atoms with Gasteiger partial charge in [0.15, 0.2) is 11.5 Å². The normalized spacial score (nSPS) is 10.8. The third-order valence-corrected chi connectivity index (χ3v) is 5.09. The van der Waals surface area contributed by atoms with E-state index >= 15 is 0 Å². The van der Waals surface area contributed by atoms with Crippen LogP contribution in [0.1, 0.15) is 21.5 Å². The molecule has 2 N–H and O–H groups in total. The number of aromatic carboxylic acids is 1. The Balaban J connectivity index is 1.77. The fourth-order valence-corrected chi connectivity index (χ4v) is 3.11. The SMILES string of the molecule is COc1ccc(/C=C(\C#N)C(=O)Nc2ccc(C(=O)O)cc2)cc1OCc1ccc(Br)cc1. The summed E-state index contributed by atoms with van der Waals surface area (Å²) < 4.78 is 12.2. The Bertz CT molecular complexity index is 1230. The minimum absolute atomic E-state index is 0.0953. The zero-order valence-electron chi connectivity index (χ0n) is 17.5. The van der Waals surface area contributed by atoms with Crippen LogP contribution < -0.4 is 14.8 Å². The zero-order chi connectivity index (χ0) is 23.8. The molecule has 8 heteroatoms. The molecular formula is C25H19BrN2O5. The highest BCUT2D eigenvalue weighted by molar-refractivity contribution is 9.10. The summed E-state index contributed by atoms with van der Waals surface area (Å²) in [6, 6.07) is 20.3. The Kier molecular flexibility index (Phi) is 7.84. The second-order valence-electron chi connectivity index (χ2n) is 6.83. The van der Waals surface area contributed by atoms with Crippen molar-refractivity contribution in [2.75, 3.05) is 12.4 Å². The van der Waals surface area contributed by atoms with E-state index in [4.69, 9.17) is 14.6 Å². The Hall–Kier alpha value is -4.09. The quantitative estimate of drug-likeness (QED) is 0.317. The summed E-state index contributed by atoms with van der Waals surface area (Å²) in [5.41, 5.74) is 1.89. The number of carboxylic acids is 1. The molecule has 0 aliphatic rings. The minimum Gasteiger partial charge on any atom is -0.493 e. The molecule has 0 aliphatic carbocycles. The van der Waals surface area contributed by atoms with E-state index in [1.807, 2.05) is 30.3 Å². The van der Waals surface area contributed by atoms with E-state index in [1.54, 1.807) is 18.2 Å². The molecule has 3 aromatic carbocycles. The average molecular weight is 507 g/mol. The molecule has 0 saturated carbocycles. The lowest BCUT2D eigenvalue weighted by molar-refractivity contribution is -0.112. The second kappa shape index (κ2) is 11.0. The minimum atomic E-state index is -1.07. The molecular weight excluding hydrogens is 488 g/mol. The summed E-state index contributed by atoms with van der Waals surface area (Å²) in [7, 11) is 1.53. The number of nitrogens with zero attached hydrogens (tertiary/aromatic N) is 1. The number of nitrogens with one attached hydrogen (secondary N) is 1. The average Bonchev–Trinajstić information content (AvgIpc) is 2.82. The molecule has 7 nitrogen and oxygen atoms in total. The molecule has 0 fully saturated rings. The van der Waals surface area contributed by atoms with E-state index in [1.165, 1.54) is 37.5 Å². The molecule has 0 bridgehead atoms. The molecule has 0 aromatic heterocycles. The molecule has 0 saturated heterocycles. The predicted molar refractivity (Wildman–Crippen MR) is 127 cm³/mol. The van der Waals surface area contributed by atoms with Crippen LogP contribution in [0, 0.1) is 11.3 Å². The smallest absolute Gasteiger partial charge is 0.335 e. The van der Waals surface area contributed by atoms with Crippen LogP contribution in [-0.4, -0.2) is 24.1 Å². The van der Waals surface area contributed by atoms with Crippen LogP contribution in [-0.2, 0) is 11.4 Å². The van der Waals surface area contributed by atoms with Crippen molar-refractivity contribution >= 4 is 39.6 Å². The van der Waals surface area contributed by atoms with Gasteiger partial charge < -0.3 is 19.9 Å². The first-order chi connectivity index (χ1) is 15.9. The molecule has 0 heterocycles. The summed E-state index contributed by atoms with van der Waals surface area (Å²) in [5, 5.41) is 21.0. The molecule has 3 rings (SSSR count). The van der Waals surface area contributed by atoms with Crippen LogP contribution in [0.2, 0.25) is 0 Å². The maximum Gasteiger partial charge on any atom is 0.335 e. The number of methoxy groups -OCH3 is 1. The fourth-order valence-electron chi connectivity index (χ4n) is 2.85. The van der Waals surface area contributed by atoms with E-state index in [9.17, 15) is 14.9 Å². The Labute approximate surface area is 199 Å². The van der Waals surface area contributed by atoms with Crippen molar-refractivity contribution < 1.29 is 24.2 Å². The Morgan fingerprint density at radius 1 is 1.06 bits per heavy atom. The van der Waals surface area contributed by atoms with Gasteiger partial charge in [-0.05, 0) is 65.7 Å². The maximum atomic E-state index is 12.5. The van der Waals surface area contributed by atoms with Gasteiger partial charge in [-0.3, -0.25) is 4.79 Å². The van der Waals surface area contributed by atoms with Gasteiger partial charge in [-0.1, -0.05) is 34.1 Å². The lowest BCUT2D eigenvalue weighted by atomic mass is 10.1. The largest absolute Gasteiger partial charge is 0.493 e. The lowest BCUT2D eigenvalue weighted by Crippen LogP contribution is -2.13. The second-order valence-corrected chi connectivity index (χ2v) is 7.75. The van der Waals surface area contributed by atoms with E-state index in [0.29, 0.717) is 29.4 Å². The molecule has 33 heavy (non-hydrogen) atoms. The van der Waals surface area contributed by atoms with Crippen LogP contribution in [0.3, 0.4) is 0 Å². The molecule has 1 amide bonds. The van der Waals surface area contributed by atoms with Crippen LogP contribution in [0.4, 0.5) is 5.69 Å².